The highest BCUT2D eigenvalue weighted by Crippen LogP contribution is 2.31. The van der Waals surface area contributed by atoms with Crippen LogP contribution in [0.5, 0.6) is 0 Å². The Morgan fingerprint density at radius 1 is 1.15 bits per heavy atom. The van der Waals surface area contributed by atoms with Gasteiger partial charge in [-0.05, 0) is 44.4 Å². The van der Waals surface area contributed by atoms with Gasteiger partial charge in [-0.1, -0.05) is 48.6 Å². The summed E-state index contributed by atoms with van der Waals surface area (Å²) in [6, 6.07) is 6.11. The first-order chi connectivity index (χ1) is 15.9. The number of aromatic amines is 1. The Balaban J connectivity index is 1.57. The van der Waals surface area contributed by atoms with E-state index in [2.05, 4.69) is 47.3 Å². The van der Waals surface area contributed by atoms with E-state index in [1.165, 1.54) is 34.2 Å². The highest BCUT2D eigenvalue weighted by atomic mass is 32.2. The van der Waals surface area contributed by atoms with Crippen molar-refractivity contribution < 1.29 is 0 Å². The van der Waals surface area contributed by atoms with Gasteiger partial charge in [0.2, 0.25) is 5.13 Å². The number of aromatic nitrogens is 6. The maximum Gasteiger partial charge on any atom is 0.330 e. The van der Waals surface area contributed by atoms with Gasteiger partial charge in [0, 0.05) is 18.8 Å². The van der Waals surface area contributed by atoms with E-state index in [4.69, 9.17) is 4.98 Å². The van der Waals surface area contributed by atoms with E-state index < -0.39 is 11.2 Å². The largest absolute Gasteiger partial charge is 0.330 e. The van der Waals surface area contributed by atoms with E-state index >= 15 is 0 Å². The van der Waals surface area contributed by atoms with E-state index in [1.807, 2.05) is 23.6 Å². The Morgan fingerprint density at radius 2 is 1.97 bits per heavy atom. The summed E-state index contributed by atoms with van der Waals surface area (Å²) in [5.41, 5.74) is 3.49. The molecular formula is C22H27N7O2S2. The molecule has 0 fully saturated rings. The van der Waals surface area contributed by atoms with E-state index in [9.17, 15) is 9.59 Å². The van der Waals surface area contributed by atoms with Crippen molar-refractivity contribution in [2.75, 3.05) is 5.32 Å². The molecule has 0 aliphatic carbocycles. The van der Waals surface area contributed by atoms with Crippen molar-refractivity contribution in [1.29, 1.82) is 0 Å². The number of nitrogens with zero attached hydrogens (tertiary/aromatic N) is 5. The molecule has 4 rings (SSSR count). The van der Waals surface area contributed by atoms with E-state index in [0.717, 1.165) is 33.8 Å². The monoisotopic (exact) mass is 485 g/mol. The van der Waals surface area contributed by atoms with Gasteiger partial charge in [0.15, 0.2) is 15.5 Å². The third kappa shape index (κ3) is 4.74. The van der Waals surface area contributed by atoms with Crippen molar-refractivity contribution in [3.8, 4) is 0 Å². The molecule has 9 nitrogen and oxygen atoms in total. The molecular weight excluding hydrogens is 458 g/mol. The van der Waals surface area contributed by atoms with Crippen LogP contribution in [0.15, 0.2) is 32.1 Å². The molecule has 1 aromatic carbocycles. The standard InChI is InChI=1S/C22H27N7O2S2/c1-5-7-11-29-18-17(19(30)25-21(29)31)28(6-2)16(24-18)12-32-22-27-26-20(33-22)23-15-10-8-9-13(3)14(15)4/h8-10H,5-7,11-12H2,1-4H3,(H,23,26)(H,25,30,31). The average Bonchev–Trinajstić information content (AvgIpc) is 3.39. The number of rotatable bonds is 9. The van der Waals surface area contributed by atoms with Gasteiger partial charge in [-0.15, -0.1) is 10.2 Å². The fourth-order valence-corrected chi connectivity index (χ4v) is 5.35. The number of benzene rings is 1. The lowest BCUT2D eigenvalue weighted by Gasteiger charge is -2.08. The molecule has 0 unspecified atom stereocenters. The van der Waals surface area contributed by atoms with E-state index in [0.29, 0.717) is 30.0 Å². The zero-order valence-electron chi connectivity index (χ0n) is 19.1. The van der Waals surface area contributed by atoms with Gasteiger partial charge in [-0.3, -0.25) is 14.3 Å². The normalized spacial score (nSPS) is 11.4. The zero-order chi connectivity index (χ0) is 23.5. The molecule has 0 radical (unpaired) electrons. The second kappa shape index (κ2) is 9.92. The number of hydrogen-bond donors (Lipinski definition) is 2. The number of hydrogen-bond acceptors (Lipinski definition) is 8. The molecule has 2 N–H and O–H groups in total. The number of nitrogens with one attached hydrogen (secondary N) is 2. The van der Waals surface area contributed by atoms with Crippen LogP contribution in [0.2, 0.25) is 0 Å². The molecule has 0 spiro atoms. The number of aryl methyl sites for hydroxylation is 3. The lowest BCUT2D eigenvalue weighted by atomic mass is 10.1. The first kappa shape index (κ1) is 23.2. The summed E-state index contributed by atoms with van der Waals surface area (Å²) in [6.45, 7) is 9.29. The zero-order valence-corrected chi connectivity index (χ0v) is 20.8. The maximum atomic E-state index is 12.6. The molecule has 33 heavy (non-hydrogen) atoms. The second-order valence-corrected chi connectivity index (χ2v) is 9.94. The van der Waals surface area contributed by atoms with Gasteiger partial charge < -0.3 is 9.88 Å². The molecule has 11 heteroatoms. The van der Waals surface area contributed by atoms with Crippen LogP contribution in [0.1, 0.15) is 43.6 Å². The fraction of sp³-hybridized carbons (Fsp3) is 0.409. The van der Waals surface area contributed by atoms with Crippen LogP contribution < -0.4 is 16.6 Å². The molecule has 0 aliphatic heterocycles. The van der Waals surface area contributed by atoms with Crippen LogP contribution in [-0.2, 0) is 18.8 Å². The summed E-state index contributed by atoms with van der Waals surface area (Å²) in [5.74, 6) is 1.25. The van der Waals surface area contributed by atoms with Gasteiger partial charge >= 0.3 is 5.69 Å². The molecule has 0 saturated heterocycles. The van der Waals surface area contributed by atoms with Crippen LogP contribution in [0, 0.1) is 13.8 Å². The highest BCUT2D eigenvalue weighted by molar-refractivity contribution is 8.00. The number of unbranched alkanes of at least 4 members (excludes halogenated alkanes) is 1. The SMILES string of the molecule is CCCCn1c(=O)[nH]c(=O)c2c1nc(CSc1nnc(Nc3cccc(C)c3C)s1)n2CC. The van der Waals surface area contributed by atoms with Crippen LogP contribution in [0.25, 0.3) is 11.2 Å². The van der Waals surface area contributed by atoms with Crippen molar-refractivity contribution in [3.05, 3.63) is 56.0 Å². The summed E-state index contributed by atoms with van der Waals surface area (Å²) in [4.78, 5) is 32.1. The summed E-state index contributed by atoms with van der Waals surface area (Å²) in [6.07, 6.45) is 1.78. The Morgan fingerprint density at radius 3 is 2.73 bits per heavy atom. The summed E-state index contributed by atoms with van der Waals surface area (Å²) >= 11 is 2.98. The highest BCUT2D eigenvalue weighted by Gasteiger charge is 2.18. The lowest BCUT2D eigenvalue weighted by Crippen LogP contribution is -2.31. The van der Waals surface area contributed by atoms with Crippen LogP contribution in [0.3, 0.4) is 0 Å². The molecule has 3 aromatic heterocycles. The summed E-state index contributed by atoms with van der Waals surface area (Å²) in [5, 5.41) is 12.6. The van der Waals surface area contributed by atoms with Gasteiger partial charge in [-0.2, -0.15) is 0 Å². The third-order valence-electron chi connectivity index (χ3n) is 5.59. The van der Waals surface area contributed by atoms with Crippen molar-refractivity contribution in [1.82, 2.24) is 29.3 Å². The minimum atomic E-state index is -0.410. The predicted molar refractivity (Wildman–Crippen MR) is 134 cm³/mol. The average molecular weight is 486 g/mol. The van der Waals surface area contributed by atoms with Crippen molar-refractivity contribution in [2.24, 2.45) is 0 Å². The first-order valence-electron chi connectivity index (χ1n) is 10.9. The first-order valence-corrected chi connectivity index (χ1v) is 12.7. The smallest absolute Gasteiger partial charge is 0.330 e. The predicted octanol–water partition coefficient (Wildman–Crippen LogP) is 4.21. The Labute approximate surface area is 199 Å². The lowest BCUT2D eigenvalue weighted by molar-refractivity contribution is 0.613. The van der Waals surface area contributed by atoms with Crippen LogP contribution in [-0.4, -0.2) is 29.3 Å². The summed E-state index contributed by atoms with van der Waals surface area (Å²) in [7, 11) is 0. The third-order valence-corrected chi connectivity index (χ3v) is 7.56. The summed E-state index contributed by atoms with van der Waals surface area (Å²) < 4.78 is 4.24. The molecule has 0 atom stereocenters. The van der Waals surface area contributed by atoms with Crippen molar-refractivity contribution in [3.63, 3.8) is 0 Å². The number of imidazole rings is 1. The number of thioether (sulfide) groups is 1. The molecule has 0 saturated carbocycles. The molecule has 0 bridgehead atoms. The van der Waals surface area contributed by atoms with Crippen molar-refractivity contribution >= 4 is 45.1 Å². The van der Waals surface area contributed by atoms with Crippen LogP contribution >= 0.6 is 23.1 Å². The number of fused-ring (bicyclic) bond motifs is 1. The van der Waals surface area contributed by atoms with Crippen LogP contribution in [0.4, 0.5) is 10.8 Å². The minimum absolute atomic E-state index is 0.399. The Bertz CT molecular complexity index is 1400. The van der Waals surface area contributed by atoms with Crippen molar-refractivity contribution in [2.45, 2.75) is 63.7 Å². The van der Waals surface area contributed by atoms with E-state index in [1.54, 1.807) is 4.57 Å². The molecule has 3 heterocycles. The van der Waals surface area contributed by atoms with Gasteiger partial charge in [0.05, 0.1) is 5.75 Å². The minimum Gasteiger partial charge on any atom is -0.330 e. The molecule has 4 aromatic rings. The Hall–Kier alpha value is -2.92. The topological polar surface area (TPSA) is 110 Å². The van der Waals surface area contributed by atoms with Gasteiger partial charge in [0.1, 0.15) is 5.82 Å². The van der Waals surface area contributed by atoms with Gasteiger partial charge in [-0.25, -0.2) is 9.78 Å². The molecule has 0 aliphatic rings. The number of H-pyrrole nitrogens is 1. The van der Waals surface area contributed by atoms with Gasteiger partial charge in [0.25, 0.3) is 5.56 Å². The molecule has 174 valence electrons. The van der Waals surface area contributed by atoms with E-state index in [-0.39, 0.29) is 0 Å². The number of anilines is 2. The fourth-order valence-electron chi connectivity index (χ4n) is 3.64. The second-order valence-electron chi connectivity index (χ2n) is 7.74. The Kier molecular flexibility index (Phi) is 6.99. The maximum absolute atomic E-state index is 12.6. The quantitative estimate of drug-likeness (QED) is 0.342. The molecule has 0 amide bonds.